The Morgan fingerprint density at radius 3 is 2.93 bits per heavy atom. The van der Waals surface area contributed by atoms with Gasteiger partial charge in [-0.1, -0.05) is 55.4 Å². The number of rotatable bonds is 9. The molecule has 1 aromatic carbocycles. The lowest BCUT2D eigenvalue weighted by atomic mass is 10.0. The molecule has 1 aromatic heterocycles. The summed E-state index contributed by atoms with van der Waals surface area (Å²) >= 11 is 1.38. The summed E-state index contributed by atoms with van der Waals surface area (Å²) in [6.07, 6.45) is 4.16. The van der Waals surface area contributed by atoms with Crippen molar-refractivity contribution in [2.75, 3.05) is 6.61 Å². The topological polar surface area (TPSA) is 81.9 Å². The Bertz CT molecular complexity index is 718. The van der Waals surface area contributed by atoms with Crippen molar-refractivity contribution in [2.24, 2.45) is 0 Å². The number of carbonyl (C=O) groups excluding carboxylic acids is 1. The van der Waals surface area contributed by atoms with Crippen LogP contribution in [0.3, 0.4) is 0 Å². The van der Waals surface area contributed by atoms with Crippen LogP contribution in [0.1, 0.15) is 51.1 Å². The molecule has 1 fully saturated rings. The first kappa shape index (κ1) is 19.8. The van der Waals surface area contributed by atoms with E-state index in [-0.39, 0.29) is 23.3 Å². The SMILES string of the molecule is CCC[C@H](NC(=O)[C@@H](C)Sc1nnnn1C[C@@H]1CCCO1)c1ccccc1. The molecule has 0 spiro atoms. The molecule has 1 amide bonds. The zero-order valence-corrected chi connectivity index (χ0v) is 16.7. The van der Waals surface area contributed by atoms with Gasteiger partial charge in [-0.05, 0) is 42.2 Å². The highest BCUT2D eigenvalue weighted by Gasteiger charge is 2.24. The van der Waals surface area contributed by atoms with Crippen molar-refractivity contribution in [3.63, 3.8) is 0 Å². The molecule has 1 N–H and O–H groups in total. The second kappa shape index (κ2) is 9.85. The molecule has 2 heterocycles. The fourth-order valence-electron chi connectivity index (χ4n) is 3.17. The number of carbonyl (C=O) groups is 1. The molecule has 1 aliphatic heterocycles. The van der Waals surface area contributed by atoms with Gasteiger partial charge < -0.3 is 10.1 Å². The Labute approximate surface area is 164 Å². The predicted octanol–water partition coefficient (Wildman–Crippen LogP) is 2.99. The second-order valence-electron chi connectivity index (χ2n) is 6.80. The van der Waals surface area contributed by atoms with Crippen LogP contribution in [0.15, 0.2) is 35.5 Å². The van der Waals surface area contributed by atoms with Crippen LogP contribution in [0.4, 0.5) is 0 Å². The summed E-state index contributed by atoms with van der Waals surface area (Å²) in [6, 6.07) is 10.1. The molecule has 2 aromatic rings. The minimum atomic E-state index is -0.290. The summed E-state index contributed by atoms with van der Waals surface area (Å²) in [4.78, 5) is 12.7. The first-order valence-electron chi connectivity index (χ1n) is 9.57. The Hall–Kier alpha value is -1.93. The van der Waals surface area contributed by atoms with Gasteiger partial charge in [-0.15, -0.1) is 5.10 Å². The van der Waals surface area contributed by atoms with Gasteiger partial charge in [0.25, 0.3) is 0 Å². The molecule has 27 heavy (non-hydrogen) atoms. The Morgan fingerprint density at radius 2 is 2.22 bits per heavy atom. The maximum Gasteiger partial charge on any atom is 0.233 e. The van der Waals surface area contributed by atoms with Crippen molar-refractivity contribution in [1.29, 1.82) is 0 Å². The van der Waals surface area contributed by atoms with E-state index in [9.17, 15) is 4.79 Å². The van der Waals surface area contributed by atoms with Crippen LogP contribution < -0.4 is 5.32 Å². The van der Waals surface area contributed by atoms with Crippen LogP contribution >= 0.6 is 11.8 Å². The lowest BCUT2D eigenvalue weighted by Gasteiger charge is -2.21. The molecule has 7 nitrogen and oxygen atoms in total. The number of hydrogen-bond acceptors (Lipinski definition) is 6. The number of aromatic nitrogens is 4. The number of hydrogen-bond donors (Lipinski definition) is 1. The van der Waals surface area contributed by atoms with Crippen molar-refractivity contribution in [3.05, 3.63) is 35.9 Å². The van der Waals surface area contributed by atoms with E-state index in [1.165, 1.54) is 11.8 Å². The monoisotopic (exact) mass is 389 g/mol. The van der Waals surface area contributed by atoms with E-state index in [1.807, 2.05) is 25.1 Å². The third-order valence-corrected chi connectivity index (χ3v) is 5.72. The van der Waals surface area contributed by atoms with Crippen molar-refractivity contribution >= 4 is 17.7 Å². The molecule has 8 heteroatoms. The molecule has 3 atom stereocenters. The highest BCUT2D eigenvalue weighted by Crippen LogP contribution is 2.24. The number of thioether (sulfide) groups is 1. The molecule has 146 valence electrons. The van der Waals surface area contributed by atoms with Gasteiger partial charge in [-0.3, -0.25) is 4.79 Å². The van der Waals surface area contributed by atoms with Crippen LogP contribution in [-0.4, -0.2) is 44.1 Å². The van der Waals surface area contributed by atoms with E-state index >= 15 is 0 Å². The van der Waals surface area contributed by atoms with Gasteiger partial charge in [0.05, 0.1) is 23.9 Å². The van der Waals surface area contributed by atoms with Crippen LogP contribution in [0.25, 0.3) is 0 Å². The molecule has 0 unspecified atom stereocenters. The van der Waals surface area contributed by atoms with E-state index in [0.717, 1.165) is 37.9 Å². The summed E-state index contributed by atoms with van der Waals surface area (Å²) in [7, 11) is 0. The van der Waals surface area contributed by atoms with E-state index in [1.54, 1.807) is 4.68 Å². The number of benzene rings is 1. The fourth-order valence-corrected chi connectivity index (χ4v) is 3.98. The number of nitrogens with zero attached hydrogens (tertiary/aromatic N) is 4. The largest absolute Gasteiger partial charge is 0.376 e. The Morgan fingerprint density at radius 1 is 1.41 bits per heavy atom. The number of ether oxygens (including phenoxy) is 1. The maximum absolute atomic E-state index is 12.7. The summed E-state index contributed by atoms with van der Waals surface area (Å²) < 4.78 is 7.40. The highest BCUT2D eigenvalue weighted by atomic mass is 32.2. The van der Waals surface area contributed by atoms with Crippen molar-refractivity contribution in [2.45, 2.75) is 68.6 Å². The lowest BCUT2D eigenvalue weighted by molar-refractivity contribution is -0.121. The molecule has 1 aliphatic rings. The van der Waals surface area contributed by atoms with Crippen molar-refractivity contribution in [3.8, 4) is 0 Å². The zero-order valence-electron chi connectivity index (χ0n) is 15.9. The van der Waals surface area contributed by atoms with E-state index in [2.05, 4.69) is 39.9 Å². The van der Waals surface area contributed by atoms with Gasteiger partial charge in [-0.25, -0.2) is 4.68 Å². The van der Waals surface area contributed by atoms with Gasteiger partial charge in [0.2, 0.25) is 11.1 Å². The number of tetrazole rings is 1. The molecule has 0 aliphatic carbocycles. The normalized spacial score (nSPS) is 19.0. The molecule has 0 bridgehead atoms. The molecule has 3 rings (SSSR count). The standard InChI is InChI=1S/C19H27N5O2S/c1-3-8-17(15-9-5-4-6-10-15)20-18(25)14(2)27-19-21-22-23-24(19)13-16-11-7-12-26-16/h4-6,9-10,14,16-17H,3,7-8,11-13H2,1-2H3,(H,20,25)/t14-,16+,17+/m1/s1. The van der Waals surface area contributed by atoms with Gasteiger partial charge in [0.15, 0.2) is 0 Å². The Balaban J connectivity index is 1.59. The van der Waals surface area contributed by atoms with E-state index in [4.69, 9.17) is 4.74 Å². The van der Waals surface area contributed by atoms with Gasteiger partial charge in [0, 0.05) is 6.61 Å². The summed E-state index contributed by atoms with van der Waals surface area (Å²) in [5.41, 5.74) is 1.13. The molecule has 0 saturated carbocycles. The second-order valence-corrected chi connectivity index (χ2v) is 8.11. The highest BCUT2D eigenvalue weighted by molar-refractivity contribution is 8.00. The average Bonchev–Trinajstić information content (AvgIpc) is 3.35. The minimum Gasteiger partial charge on any atom is -0.376 e. The first-order valence-corrected chi connectivity index (χ1v) is 10.4. The summed E-state index contributed by atoms with van der Waals surface area (Å²) in [6.45, 7) is 5.44. The van der Waals surface area contributed by atoms with Crippen LogP contribution in [-0.2, 0) is 16.1 Å². The van der Waals surface area contributed by atoms with Gasteiger partial charge >= 0.3 is 0 Å². The fraction of sp³-hybridized carbons (Fsp3) is 0.579. The van der Waals surface area contributed by atoms with Crippen LogP contribution in [0, 0.1) is 0 Å². The quantitative estimate of drug-likeness (QED) is 0.664. The van der Waals surface area contributed by atoms with Crippen molar-refractivity contribution < 1.29 is 9.53 Å². The van der Waals surface area contributed by atoms with Crippen LogP contribution in [0.2, 0.25) is 0 Å². The zero-order chi connectivity index (χ0) is 19.1. The predicted molar refractivity (Wildman–Crippen MR) is 104 cm³/mol. The smallest absolute Gasteiger partial charge is 0.233 e. The molecule has 0 radical (unpaired) electrons. The Kier molecular flexibility index (Phi) is 7.23. The molecular formula is C19H27N5O2S. The number of nitrogens with one attached hydrogen (secondary N) is 1. The lowest BCUT2D eigenvalue weighted by Crippen LogP contribution is -2.34. The van der Waals surface area contributed by atoms with E-state index < -0.39 is 0 Å². The average molecular weight is 390 g/mol. The summed E-state index contributed by atoms with van der Waals surface area (Å²) in [5.74, 6) is -0.00558. The van der Waals surface area contributed by atoms with Crippen LogP contribution in [0.5, 0.6) is 0 Å². The first-order chi connectivity index (χ1) is 13.2. The minimum absolute atomic E-state index is 0.00558. The van der Waals surface area contributed by atoms with Crippen molar-refractivity contribution in [1.82, 2.24) is 25.5 Å². The molecule has 1 saturated heterocycles. The molecular weight excluding hydrogens is 362 g/mol. The third-order valence-electron chi connectivity index (χ3n) is 4.65. The third kappa shape index (κ3) is 5.52. The number of amides is 1. The van der Waals surface area contributed by atoms with Gasteiger partial charge in [0.1, 0.15) is 0 Å². The van der Waals surface area contributed by atoms with Gasteiger partial charge in [-0.2, -0.15) is 0 Å². The summed E-state index contributed by atoms with van der Waals surface area (Å²) in [5, 5.41) is 15.4. The maximum atomic E-state index is 12.7. The van der Waals surface area contributed by atoms with E-state index in [0.29, 0.717) is 11.7 Å².